The van der Waals surface area contributed by atoms with Crippen molar-refractivity contribution in [3.05, 3.63) is 85.2 Å². The van der Waals surface area contributed by atoms with E-state index < -0.39 is 0 Å². The normalized spacial score (nSPS) is 15.6. The average Bonchev–Trinajstić information content (AvgIpc) is 3.29. The van der Waals surface area contributed by atoms with Gasteiger partial charge in [0.05, 0.1) is 17.1 Å². The first kappa shape index (κ1) is 21.4. The minimum absolute atomic E-state index is 0.0379. The number of ether oxygens (including phenoxy) is 1. The van der Waals surface area contributed by atoms with Crippen LogP contribution in [0.25, 0.3) is 22.2 Å². The van der Waals surface area contributed by atoms with Gasteiger partial charge in [0.15, 0.2) is 0 Å². The molecule has 7 nitrogen and oxygen atoms in total. The third-order valence-electron chi connectivity index (χ3n) is 6.07. The van der Waals surface area contributed by atoms with Crippen molar-refractivity contribution < 1.29 is 9.53 Å². The molecule has 34 heavy (non-hydrogen) atoms. The van der Waals surface area contributed by atoms with Crippen LogP contribution in [0.1, 0.15) is 24.4 Å². The molecule has 0 saturated carbocycles. The van der Waals surface area contributed by atoms with Crippen molar-refractivity contribution in [1.82, 2.24) is 19.7 Å². The largest absolute Gasteiger partial charge is 0.457 e. The summed E-state index contributed by atoms with van der Waals surface area (Å²) < 4.78 is 7.82. The highest BCUT2D eigenvalue weighted by Gasteiger charge is 2.27. The number of hydrogen-bond donors (Lipinski definition) is 0. The number of likely N-dealkylation sites (tertiary alicyclic amines) is 1. The van der Waals surface area contributed by atoms with Crippen molar-refractivity contribution in [1.29, 1.82) is 5.26 Å². The van der Waals surface area contributed by atoms with Crippen LogP contribution in [0.4, 0.5) is 0 Å². The Morgan fingerprint density at radius 1 is 1.12 bits per heavy atom. The number of carbonyl (C=O) groups is 1. The van der Waals surface area contributed by atoms with Gasteiger partial charge in [-0.25, -0.2) is 0 Å². The van der Waals surface area contributed by atoms with E-state index in [1.54, 1.807) is 17.3 Å². The molecule has 1 fully saturated rings. The number of para-hydroxylation sites is 1. The molecule has 0 spiro atoms. The van der Waals surface area contributed by atoms with E-state index in [-0.39, 0.29) is 11.9 Å². The summed E-state index contributed by atoms with van der Waals surface area (Å²) in [5.41, 5.74) is 2.86. The number of aromatic nitrogens is 3. The van der Waals surface area contributed by atoms with Crippen LogP contribution in [0, 0.1) is 11.3 Å². The van der Waals surface area contributed by atoms with E-state index >= 15 is 0 Å². The summed E-state index contributed by atoms with van der Waals surface area (Å²) in [6, 6.07) is 19.5. The van der Waals surface area contributed by atoms with Gasteiger partial charge in [-0.05, 0) is 55.3 Å². The maximum absolute atomic E-state index is 12.2. The molecule has 2 aromatic carbocycles. The fraction of sp³-hybridized carbons (Fsp3) is 0.185. The molecule has 168 valence electrons. The third-order valence-corrected chi connectivity index (χ3v) is 6.07. The van der Waals surface area contributed by atoms with Crippen LogP contribution in [0.2, 0.25) is 0 Å². The monoisotopic (exact) mass is 449 g/mol. The second-order valence-corrected chi connectivity index (χ2v) is 8.21. The van der Waals surface area contributed by atoms with Crippen molar-refractivity contribution in [3.63, 3.8) is 0 Å². The summed E-state index contributed by atoms with van der Waals surface area (Å²) in [6.45, 7) is 4.84. The molecule has 0 aliphatic carbocycles. The molecule has 1 atom stereocenters. The number of amides is 1. The smallest absolute Gasteiger partial charge is 0.246 e. The van der Waals surface area contributed by atoms with Gasteiger partial charge in [-0.2, -0.15) is 10.4 Å². The maximum atomic E-state index is 12.2. The second kappa shape index (κ2) is 9.20. The number of benzene rings is 2. The number of pyridine rings is 1. The number of rotatable bonds is 5. The molecule has 1 aliphatic rings. The van der Waals surface area contributed by atoms with Crippen molar-refractivity contribution in [2.45, 2.75) is 18.9 Å². The number of carbonyl (C=O) groups excluding carboxylic acids is 1. The molecule has 1 saturated heterocycles. The predicted octanol–water partition coefficient (Wildman–Crippen LogP) is 5.11. The fourth-order valence-corrected chi connectivity index (χ4v) is 4.43. The van der Waals surface area contributed by atoms with Crippen LogP contribution in [-0.2, 0) is 4.79 Å². The lowest BCUT2D eigenvalue weighted by molar-refractivity contribution is -0.127. The van der Waals surface area contributed by atoms with Crippen molar-refractivity contribution in [3.8, 4) is 28.8 Å². The van der Waals surface area contributed by atoms with E-state index in [4.69, 9.17) is 9.84 Å². The fourth-order valence-electron chi connectivity index (χ4n) is 4.43. The summed E-state index contributed by atoms with van der Waals surface area (Å²) >= 11 is 0. The standard InChI is InChI=1S/C27H23N5O2/c1-2-25(33)31-14-6-7-21(18-31)32-27-20(15-28)16-29-17-24(27)26(30-32)19-10-12-23(13-11-19)34-22-8-4-3-5-9-22/h2-5,8-13,16-17,21H,1,6-7,14,18H2. The Hall–Kier alpha value is -4.44. The number of piperidine rings is 1. The maximum Gasteiger partial charge on any atom is 0.246 e. The first-order valence-corrected chi connectivity index (χ1v) is 11.2. The van der Waals surface area contributed by atoms with Crippen LogP contribution < -0.4 is 4.74 Å². The quantitative estimate of drug-likeness (QED) is 0.395. The Labute approximate surface area is 197 Å². The molecule has 7 heteroatoms. The summed E-state index contributed by atoms with van der Waals surface area (Å²) in [6.07, 6.45) is 6.39. The molecule has 0 radical (unpaired) electrons. The van der Waals surface area contributed by atoms with Gasteiger partial charge in [-0.3, -0.25) is 14.5 Å². The molecule has 5 rings (SSSR count). The van der Waals surface area contributed by atoms with E-state index in [2.05, 4.69) is 17.6 Å². The van der Waals surface area contributed by atoms with Gasteiger partial charge in [0, 0.05) is 36.4 Å². The molecule has 2 aromatic heterocycles. The van der Waals surface area contributed by atoms with E-state index in [0.717, 1.165) is 46.5 Å². The van der Waals surface area contributed by atoms with E-state index in [9.17, 15) is 10.1 Å². The van der Waals surface area contributed by atoms with Crippen molar-refractivity contribution >= 4 is 16.8 Å². The zero-order valence-corrected chi connectivity index (χ0v) is 18.6. The molecule has 1 unspecified atom stereocenters. The van der Waals surface area contributed by atoms with Crippen LogP contribution in [-0.4, -0.2) is 38.7 Å². The Balaban J connectivity index is 1.53. The summed E-state index contributed by atoms with van der Waals surface area (Å²) in [5.74, 6) is 1.40. The lowest BCUT2D eigenvalue weighted by Crippen LogP contribution is -2.40. The molecule has 3 heterocycles. The molecule has 0 bridgehead atoms. The van der Waals surface area contributed by atoms with E-state index in [0.29, 0.717) is 18.7 Å². The Kier molecular flexibility index (Phi) is 5.79. The first-order valence-electron chi connectivity index (χ1n) is 11.2. The molecule has 4 aromatic rings. The molecule has 1 aliphatic heterocycles. The zero-order valence-electron chi connectivity index (χ0n) is 18.6. The van der Waals surface area contributed by atoms with Gasteiger partial charge in [0.2, 0.25) is 5.91 Å². The highest BCUT2D eigenvalue weighted by atomic mass is 16.5. The number of nitriles is 1. The van der Waals surface area contributed by atoms with Crippen molar-refractivity contribution in [2.24, 2.45) is 0 Å². The van der Waals surface area contributed by atoms with Gasteiger partial charge in [0.1, 0.15) is 23.3 Å². The first-order chi connectivity index (χ1) is 16.7. The van der Waals surface area contributed by atoms with Crippen LogP contribution in [0.5, 0.6) is 11.5 Å². The van der Waals surface area contributed by atoms with Gasteiger partial charge >= 0.3 is 0 Å². The van der Waals surface area contributed by atoms with Gasteiger partial charge in [-0.1, -0.05) is 24.8 Å². The predicted molar refractivity (Wildman–Crippen MR) is 129 cm³/mol. The van der Waals surface area contributed by atoms with Crippen LogP contribution in [0.3, 0.4) is 0 Å². The Morgan fingerprint density at radius 3 is 2.62 bits per heavy atom. The molecule has 0 N–H and O–H groups in total. The molecular weight excluding hydrogens is 426 g/mol. The summed E-state index contributed by atoms with van der Waals surface area (Å²) in [5, 5.41) is 15.5. The number of hydrogen-bond acceptors (Lipinski definition) is 5. The van der Waals surface area contributed by atoms with Crippen LogP contribution >= 0.6 is 0 Å². The number of fused-ring (bicyclic) bond motifs is 1. The van der Waals surface area contributed by atoms with Gasteiger partial charge in [0.25, 0.3) is 0 Å². The Morgan fingerprint density at radius 2 is 1.88 bits per heavy atom. The zero-order chi connectivity index (χ0) is 23.5. The topological polar surface area (TPSA) is 84.0 Å². The van der Waals surface area contributed by atoms with Crippen molar-refractivity contribution in [2.75, 3.05) is 13.1 Å². The molecule has 1 amide bonds. The highest BCUT2D eigenvalue weighted by Crippen LogP contribution is 2.34. The minimum Gasteiger partial charge on any atom is -0.457 e. The van der Waals surface area contributed by atoms with E-state index in [1.165, 1.54) is 6.08 Å². The SMILES string of the molecule is C=CC(=O)N1CCCC(n2nc(-c3ccc(Oc4ccccc4)cc3)c3cncc(C#N)c32)C1. The lowest BCUT2D eigenvalue weighted by atomic mass is 10.0. The summed E-state index contributed by atoms with van der Waals surface area (Å²) in [4.78, 5) is 18.3. The second-order valence-electron chi connectivity index (χ2n) is 8.21. The Bertz CT molecular complexity index is 1390. The lowest BCUT2D eigenvalue weighted by Gasteiger charge is -2.32. The van der Waals surface area contributed by atoms with Gasteiger partial charge in [-0.15, -0.1) is 0 Å². The number of nitrogens with zero attached hydrogens (tertiary/aromatic N) is 5. The third kappa shape index (κ3) is 4.02. The molecular formula is C27H23N5O2. The van der Waals surface area contributed by atoms with E-state index in [1.807, 2.05) is 59.3 Å². The van der Waals surface area contributed by atoms with Crippen LogP contribution in [0.15, 0.2) is 79.6 Å². The minimum atomic E-state index is -0.0856. The summed E-state index contributed by atoms with van der Waals surface area (Å²) in [7, 11) is 0. The van der Waals surface area contributed by atoms with Gasteiger partial charge < -0.3 is 9.64 Å². The average molecular weight is 450 g/mol. The highest BCUT2D eigenvalue weighted by molar-refractivity contribution is 5.95.